The second-order valence-corrected chi connectivity index (χ2v) is 4.08. The Morgan fingerprint density at radius 3 is 2.60 bits per heavy atom. The molecule has 0 fully saturated rings. The van der Waals surface area contributed by atoms with Gasteiger partial charge in [-0.15, -0.1) is 0 Å². The van der Waals surface area contributed by atoms with Gasteiger partial charge in [-0.3, -0.25) is 0 Å². The summed E-state index contributed by atoms with van der Waals surface area (Å²) in [7, 11) is 0. The molecular weight excluding hydrogens is 252 g/mol. The highest BCUT2D eigenvalue weighted by Crippen LogP contribution is 2.11. The van der Waals surface area contributed by atoms with Crippen LogP contribution in [0, 0.1) is 0 Å². The summed E-state index contributed by atoms with van der Waals surface area (Å²) in [5.41, 5.74) is 0.698. The van der Waals surface area contributed by atoms with Crippen molar-refractivity contribution in [2.45, 2.75) is 6.92 Å². The van der Waals surface area contributed by atoms with Crippen molar-refractivity contribution in [2.24, 2.45) is 0 Å². The smallest absolute Gasteiger partial charge is 0.339 e. The maximum atomic E-state index is 11.3. The third kappa shape index (κ3) is 4.28. The number of benzene rings is 1. The van der Waals surface area contributed by atoms with Crippen LogP contribution in [0.5, 0.6) is 5.75 Å². The largest absolute Gasteiger partial charge is 0.493 e. The molecule has 3 heteroatoms. The maximum absolute atomic E-state index is 11.3. The minimum Gasteiger partial charge on any atom is -0.493 e. The molecule has 1 heterocycles. The lowest BCUT2D eigenvalue weighted by Gasteiger charge is -2.01. The van der Waals surface area contributed by atoms with Gasteiger partial charge in [-0.05, 0) is 18.6 Å². The van der Waals surface area contributed by atoms with Crippen LogP contribution in [0.25, 0.3) is 12.2 Å². The van der Waals surface area contributed by atoms with Crippen molar-refractivity contribution in [3.63, 3.8) is 0 Å². The van der Waals surface area contributed by atoms with Gasteiger partial charge in [0, 0.05) is 6.07 Å². The molecule has 0 saturated carbocycles. The van der Waals surface area contributed by atoms with Gasteiger partial charge in [0.2, 0.25) is 0 Å². The molecule has 102 valence electrons. The van der Waals surface area contributed by atoms with Gasteiger partial charge in [0.05, 0.1) is 12.7 Å². The highest BCUT2D eigenvalue weighted by atomic mass is 16.5. The minimum absolute atomic E-state index is 0.414. The number of allylic oxidation sites excluding steroid dienone is 2. The van der Waals surface area contributed by atoms with Crippen LogP contribution in [0.2, 0.25) is 0 Å². The fourth-order valence-electron chi connectivity index (χ4n) is 1.69. The average Bonchev–Trinajstić information content (AvgIpc) is 2.45. The molecule has 0 radical (unpaired) electrons. The Hall–Kier alpha value is -2.55. The molecule has 0 atom stereocenters. The molecule has 0 N–H and O–H groups in total. The lowest BCUT2D eigenvalue weighted by atomic mass is 10.2. The van der Waals surface area contributed by atoms with Gasteiger partial charge in [-0.1, -0.05) is 48.6 Å². The summed E-state index contributed by atoms with van der Waals surface area (Å²) in [5, 5.41) is 0. The first-order valence-electron chi connectivity index (χ1n) is 6.46. The molecule has 0 aliphatic heterocycles. The van der Waals surface area contributed by atoms with Gasteiger partial charge in [0.15, 0.2) is 0 Å². The molecule has 1 aromatic heterocycles. The Balaban J connectivity index is 2.08. The van der Waals surface area contributed by atoms with Crippen molar-refractivity contribution in [1.29, 1.82) is 0 Å². The number of ether oxygens (including phenoxy) is 1. The first kappa shape index (κ1) is 13.9. The lowest BCUT2D eigenvalue weighted by Crippen LogP contribution is -2.01. The van der Waals surface area contributed by atoms with Crippen LogP contribution >= 0.6 is 0 Å². The van der Waals surface area contributed by atoms with Crippen molar-refractivity contribution in [2.75, 3.05) is 6.61 Å². The first-order chi connectivity index (χ1) is 9.78. The predicted octanol–water partition coefficient (Wildman–Crippen LogP) is 3.77. The van der Waals surface area contributed by atoms with Crippen molar-refractivity contribution < 1.29 is 9.15 Å². The highest BCUT2D eigenvalue weighted by molar-refractivity contribution is 5.55. The van der Waals surface area contributed by atoms with E-state index >= 15 is 0 Å². The van der Waals surface area contributed by atoms with E-state index in [0.717, 1.165) is 5.56 Å². The fraction of sp³-hybridized carbons (Fsp3) is 0.118. The average molecular weight is 268 g/mol. The van der Waals surface area contributed by atoms with Gasteiger partial charge in [0.1, 0.15) is 11.5 Å². The molecular formula is C17H16O3. The highest BCUT2D eigenvalue weighted by Gasteiger charge is 1.98. The standard InChI is InChI=1S/C17H16O3/c1-2-19-16-12-15(20-17(18)13-16)11-7-6-10-14-8-4-3-5-9-14/h3-13H,2H2,1H3/b10-6+,11-7+. The summed E-state index contributed by atoms with van der Waals surface area (Å²) in [6.07, 6.45) is 7.41. The fourth-order valence-corrected chi connectivity index (χ4v) is 1.69. The Labute approximate surface area is 117 Å². The molecule has 0 bridgehead atoms. The lowest BCUT2D eigenvalue weighted by molar-refractivity contribution is 0.333. The summed E-state index contributed by atoms with van der Waals surface area (Å²) in [6.45, 7) is 2.38. The Bertz CT molecular complexity index is 651. The topological polar surface area (TPSA) is 39.4 Å². The van der Waals surface area contributed by atoms with Crippen LogP contribution in [0.4, 0.5) is 0 Å². The molecule has 3 nitrogen and oxygen atoms in total. The van der Waals surface area contributed by atoms with E-state index in [1.807, 2.05) is 55.5 Å². The summed E-state index contributed by atoms with van der Waals surface area (Å²) in [4.78, 5) is 11.3. The molecule has 20 heavy (non-hydrogen) atoms. The second-order valence-electron chi connectivity index (χ2n) is 4.08. The third-order valence-electron chi connectivity index (χ3n) is 2.53. The zero-order valence-electron chi connectivity index (χ0n) is 11.3. The van der Waals surface area contributed by atoms with Crippen molar-refractivity contribution in [3.05, 3.63) is 76.4 Å². The van der Waals surface area contributed by atoms with Crippen LogP contribution < -0.4 is 10.4 Å². The summed E-state index contributed by atoms with van der Waals surface area (Å²) >= 11 is 0. The molecule has 0 unspecified atom stereocenters. The normalized spacial score (nSPS) is 11.2. The molecule has 0 amide bonds. The van der Waals surface area contributed by atoms with E-state index in [9.17, 15) is 4.79 Å². The van der Waals surface area contributed by atoms with Gasteiger partial charge < -0.3 is 9.15 Å². The number of rotatable bonds is 5. The van der Waals surface area contributed by atoms with E-state index in [4.69, 9.17) is 9.15 Å². The molecule has 0 aliphatic carbocycles. The van der Waals surface area contributed by atoms with Crippen molar-refractivity contribution in [3.8, 4) is 5.75 Å². The molecule has 0 spiro atoms. The quantitative estimate of drug-likeness (QED) is 0.775. The molecule has 0 aliphatic rings. The third-order valence-corrected chi connectivity index (χ3v) is 2.53. The van der Waals surface area contributed by atoms with E-state index < -0.39 is 5.63 Å². The van der Waals surface area contributed by atoms with Gasteiger partial charge >= 0.3 is 5.63 Å². The van der Waals surface area contributed by atoms with E-state index in [-0.39, 0.29) is 0 Å². The maximum Gasteiger partial charge on any atom is 0.339 e. The summed E-state index contributed by atoms with van der Waals surface area (Å²) < 4.78 is 10.4. The summed E-state index contributed by atoms with van der Waals surface area (Å²) in [6, 6.07) is 13.0. The van der Waals surface area contributed by atoms with Gasteiger partial charge in [0.25, 0.3) is 0 Å². The number of hydrogen-bond donors (Lipinski definition) is 0. The molecule has 0 saturated heterocycles. The van der Waals surface area contributed by atoms with Crippen LogP contribution in [-0.4, -0.2) is 6.61 Å². The van der Waals surface area contributed by atoms with Gasteiger partial charge in [-0.25, -0.2) is 4.79 Å². The van der Waals surface area contributed by atoms with Crippen LogP contribution in [0.15, 0.2) is 63.8 Å². The van der Waals surface area contributed by atoms with E-state index in [0.29, 0.717) is 18.1 Å². The monoisotopic (exact) mass is 268 g/mol. The van der Waals surface area contributed by atoms with Crippen LogP contribution in [0.1, 0.15) is 18.2 Å². The zero-order chi connectivity index (χ0) is 14.2. The molecule has 1 aromatic carbocycles. The van der Waals surface area contributed by atoms with Crippen LogP contribution in [-0.2, 0) is 0 Å². The number of hydrogen-bond acceptors (Lipinski definition) is 3. The Morgan fingerprint density at radius 2 is 1.85 bits per heavy atom. The van der Waals surface area contributed by atoms with E-state index in [1.54, 1.807) is 12.1 Å². The zero-order valence-corrected chi connectivity index (χ0v) is 11.3. The first-order valence-corrected chi connectivity index (χ1v) is 6.46. The minimum atomic E-state index is -0.414. The Kier molecular flexibility index (Phi) is 4.95. The van der Waals surface area contributed by atoms with E-state index in [2.05, 4.69) is 0 Å². The Morgan fingerprint density at radius 1 is 1.10 bits per heavy atom. The van der Waals surface area contributed by atoms with Crippen molar-refractivity contribution >= 4 is 12.2 Å². The SMILES string of the molecule is CCOc1cc(/C=C/C=C/c2ccccc2)oc(=O)c1. The molecule has 2 rings (SSSR count). The second kappa shape index (κ2) is 7.14. The predicted molar refractivity (Wildman–Crippen MR) is 80.7 cm³/mol. The van der Waals surface area contributed by atoms with Crippen LogP contribution in [0.3, 0.4) is 0 Å². The van der Waals surface area contributed by atoms with E-state index in [1.165, 1.54) is 6.07 Å². The van der Waals surface area contributed by atoms with Crippen molar-refractivity contribution in [1.82, 2.24) is 0 Å². The van der Waals surface area contributed by atoms with Gasteiger partial charge in [-0.2, -0.15) is 0 Å². The molecule has 2 aromatic rings. The summed E-state index contributed by atoms with van der Waals surface area (Å²) in [5.74, 6) is 0.995.